The van der Waals surface area contributed by atoms with Crippen molar-refractivity contribution in [1.82, 2.24) is 0 Å². The van der Waals surface area contributed by atoms with Crippen molar-refractivity contribution in [3.8, 4) is 0 Å². The highest BCUT2D eigenvalue weighted by Gasteiger charge is 2.40. The lowest BCUT2D eigenvalue weighted by Crippen LogP contribution is -2.47. The number of carbonyl (C=O) groups is 5. The molecule has 1 aromatic rings. The number of rotatable bonds is 42. The molecule has 0 bridgehead atoms. The first-order chi connectivity index (χ1) is 32.2. The van der Waals surface area contributed by atoms with Crippen LogP contribution < -0.4 is 5.73 Å². The zero-order valence-electron chi connectivity index (χ0n) is 43.5. The Morgan fingerprint density at radius 3 is 1.28 bits per heavy atom. The SMILES string of the molecule is CCCCCCCCCCCCCCCCCC(=O)OCC(COC(=O)CC[C@](N)(C(=O)OC(=O)OC(C)(C)C)c1cccc(C)c1)OC(=O)CCCCCCCCCCCCCCCCC. The second-order valence-corrected chi connectivity index (χ2v) is 20.1. The number of ether oxygens (including phenoxy) is 5. The molecule has 0 fully saturated rings. The van der Waals surface area contributed by atoms with Gasteiger partial charge in [0.25, 0.3) is 0 Å². The maximum Gasteiger partial charge on any atom is 0.516 e. The summed E-state index contributed by atoms with van der Waals surface area (Å²) in [6.07, 6.45) is 34.5. The van der Waals surface area contributed by atoms with Gasteiger partial charge in [-0.25, -0.2) is 9.59 Å². The molecule has 0 saturated heterocycles. The van der Waals surface area contributed by atoms with Crippen LogP contribution in [0.5, 0.6) is 0 Å². The van der Waals surface area contributed by atoms with Crippen LogP contribution >= 0.6 is 0 Å². The smallest absolute Gasteiger partial charge is 0.462 e. The predicted octanol–water partition coefficient (Wildman–Crippen LogP) is 14.9. The Labute approximate surface area is 407 Å². The number of nitrogens with two attached hydrogens (primary N) is 1. The fourth-order valence-electron chi connectivity index (χ4n) is 8.18. The molecule has 0 radical (unpaired) electrons. The number of hydrogen-bond acceptors (Lipinski definition) is 11. The Kier molecular flexibility index (Phi) is 36.2. The molecule has 11 heteroatoms. The quantitative estimate of drug-likeness (QED) is 0.0288. The highest BCUT2D eigenvalue weighted by atomic mass is 16.7. The molecular weight excluding hydrogens is 847 g/mol. The summed E-state index contributed by atoms with van der Waals surface area (Å²) in [6.45, 7) is 10.7. The van der Waals surface area contributed by atoms with Gasteiger partial charge >= 0.3 is 30.0 Å². The molecule has 0 aliphatic heterocycles. The Morgan fingerprint density at radius 1 is 0.522 bits per heavy atom. The zero-order valence-corrected chi connectivity index (χ0v) is 43.5. The molecule has 1 unspecified atom stereocenters. The first-order valence-corrected chi connectivity index (χ1v) is 27.0. The molecule has 1 aromatic carbocycles. The minimum absolute atomic E-state index is 0.210. The Hall–Kier alpha value is -3.47. The summed E-state index contributed by atoms with van der Waals surface area (Å²) >= 11 is 0. The van der Waals surface area contributed by atoms with Gasteiger partial charge in [0.15, 0.2) is 6.10 Å². The van der Waals surface area contributed by atoms with Gasteiger partial charge in [0.1, 0.15) is 24.4 Å². The summed E-state index contributed by atoms with van der Waals surface area (Å²) < 4.78 is 26.9. The lowest BCUT2D eigenvalue weighted by atomic mass is 9.85. The fraction of sp³-hybridized carbons (Fsp3) is 0.804. The van der Waals surface area contributed by atoms with Crippen LogP contribution in [0.2, 0.25) is 0 Å². The molecule has 0 heterocycles. The molecule has 11 nitrogen and oxygen atoms in total. The molecule has 0 saturated carbocycles. The van der Waals surface area contributed by atoms with Crippen molar-refractivity contribution >= 4 is 30.0 Å². The van der Waals surface area contributed by atoms with Gasteiger partial charge in [-0.05, 0) is 52.5 Å². The fourth-order valence-corrected chi connectivity index (χ4v) is 8.18. The molecule has 0 spiro atoms. The zero-order chi connectivity index (χ0) is 49.4. The summed E-state index contributed by atoms with van der Waals surface area (Å²) in [4.78, 5) is 64.7. The van der Waals surface area contributed by atoms with Crippen LogP contribution in [0, 0.1) is 6.92 Å². The van der Waals surface area contributed by atoms with E-state index in [2.05, 4.69) is 13.8 Å². The predicted molar refractivity (Wildman–Crippen MR) is 269 cm³/mol. The van der Waals surface area contributed by atoms with Gasteiger partial charge in [-0.2, -0.15) is 0 Å². The number of benzene rings is 1. The van der Waals surface area contributed by atoms with Crippen LogP contribution in [0.3, 0.4) is 0 Å². The van der Waals surface area contributed by atoms with E-state index in [0.717, 1.165) is 44.1 Å². The van der Waals surface area contributed by atoms with Crippen LogP contribution in [0.1, 0.15) is 264 Å². The van der Waals surface area contributed by atoms with Crippen LogP contribution in [0.15, 0.2) is 24.3 Å². The Balaban J connectivity index is 2.63. The molecule has 2 atom stereocenters. The number of unbranched alkanes of at least 4 members (excludes halogenated alkanes) is 28. The minimum Gasteiger partial charge on any atom is -0.462 e. The van der Waals surface area contributed by atoms with Crippen LogP contribution in [-0.4, -0.2) is 55.0 Å². The van der Waals surface area contributed by atoms with E-state index in [1.807, 2.05) is 13.0 Å². The second-order valence-electron chi connectivity index (χ2n) is 20.1. The lowest BCUT2D eigenvalue weighted by Gasteiger charge is -2.28. The molecule has 0 amide bonds. The molecule has 2 N–H and O–H groups in total. The third-order valence-corrected chi connectivity index (χ3v) is 12.3. The third kappa shape index (κ3) is 34.5. The van der Waals surface area contributed by atoms with E-state index in [0.29, 0.717) is 18.4 Å². The van der Waals surface area contributed by atoms with Crippen molar-refractivity contribution in [2.45, 2.75) is 277 Å². The van der Waals surface area contributed by atoms with Gasteiger partial charge < -0.3 is 29.4 Å². The first-order valence-electron chi connectivity index (χ1n) is 27.0. The van der Waals surface area contributed by atoms with Crippen molar-refractivity contribution in [3.05, 3.63) is 35.4 Å². The van der Waals surface area contributed by atoms with Crippen molar-refractivity contribution in [2.24, 2.45) is 5.73 Å². The summed E-state index contributed by atoms with van der Waals surface area (Å²) in [7, 11) is 0. The number of aryl methyl sites for hydroxylation is 1. The van der Waals surface area contributed by atoms with Crippen LogP contribution in [0.25, 0.3) is 0 Å². The summed E-state index contributed by atoms with van der Waals surface area (Å²) in [5.74, 6) is -2.63. The summed E-state index contributed by atoms with van der Waals surface area (Å²) in [5, 5.41) is 0. The maximum absolute atomic E-state index is 13.4. The third-order valence-electron chi connectivity index (χ3n) is 12.3. The monoisotopic (exact) mass is 944 g/mol. The molecule has 0 aliphatic rings. The van der Waals surface area contributed by atoms with Gasteiger partial charge in [-0.1, -0.05) is 223 Å². The van der Waals surface area contributed by atoms with E-state index in [9.17, 15) is 24.0 Å². The molecule has 67 heavy (non-hydrogen) atoms. The average molecular weight is 944 g/mol. The number of hydrogen-bond donors (Lipinski definition) is 1. The van der Waals surface area contributed by atoms with Crippen LogP contribution in [0.4, 0.5) is 4.79 Å². The maximum atomic E-state index is 13.4. The standard InChI is InChI=1S/C56H97NO10/c1-7-9-11-13-15-17-19-21-23-25-27-29-31-33-35-40-50(58)63-45-49(65-52(60)41-36-34-32-30-28-26-24-22-20-18-16-14-12-10-8-2)46-64-51(59)42-43-56(57,48-39-37-38-47(3)44-48)53(61)66-54(62)67-55(4,5)6/h37-39,44,49H,7-36,40-43,45-46,57H2,1-6H3/t49?,56-/m1/s1. The van der Waals surface area contributed by atoms with Gasteiger partial charge in [0.05, 0.1) is 0 Å². The van der Waals surface area contributed by atoms with Crippen molar-refractivity contribution in [3.63, 3.8) is 0 Å². The molecule has 0 aliphatic carbocycles. The normalized spacial score (nSPS) is 12.8. The van der Waals surface area contributed by atoms with E-state index in [4.69, 9.17) is 29.4 Å². The van der Waals surface area contributed by atoms with E-state index in [-0.39, 0.29) is 44.9 Å². The van der Waals surface area contributed by atoms with Gasteiger partial charge in [0, 0.05) is 19.3 Å². The molecule has 1 rings (SSSR count). The minimum atomic E-state index is -1.89. The highest BCUT2D eigenvalue weighted by Crippen LogP contribution is 2.28. The first kappa shape index (κ1) is 61.5. The Morgan fingerprint density at radius 2 is 0.896 bits per heavy atom. The summed E-state index contributed by atoms with van der Waals surface area (Å²) in [5.41, 5.74) is 4.98. The van der Waals surface area contributed by atoms with Crippen molar-refractivity contribution in [1.29, 1.82) is 0 Å². The number of carbonyl (C=O) groups excluding carboxylic acids is 5. The molecule has 0 aromatic heterocycles. The van der Waals surface area contributed by atoms with Crippen molar-refractivity contribution in [2.75, 3.05) is 13.2 Å². The van der Waals surface area contributed by atoms with Crippen molar-refractivity contribution < 1.29 is 47.7 Å². The number of esters is 4. The Bertz CT molecular complexity index is 1460. The van der Waals surface area contributed by atoms with E-state index >= 15 is 0 Å². The van der Waals surface area contributed by atoms with E-state index in [1.165, 1.54) is 141 Å². The van der Waals surface area contributed by atoms with Gasteiger partial charge in [0.2, 0.25) is 0 Å². The van der Waals surface area contributed by atoms with Crippen LogP contribution in [-0.2, 0) is 48.4 Å². The average Bonchev–Trinajstić information content (AvgIpc) is 3.28. The highest BCUT2D eigenvalue weighted by molar-refractivity contribution is 5.90. The van der Waals surface area contributed by atoms with Gasteiger partial charge in [-0.3, -0.25) is 14.4 Å². The second kappa shape index (κ2) is 39.4. The molecular formula is C56H97NO10. The van der Waals surface area contributed by atoms with E-state index in [1.54, 1.807) is 39.0 Å². The molecule has 386 valence electrons. The van der Waals surface area contributed by atoms with E-state index < -0.39 is 41.3 Å². The van der Waals surface area contributed by atoms with Gasteiger partial charge in [-0.15, -0.1) is 0 Å². The largest absolute Gasteiger partial charge is 0.516 e. The summed E-state index contributed by atoms with van der Waals surface area (Å²) in [6, 6.07) is 6.84. The topological polar surface area (TPSA) is 158 Å². The lowest BCUT2D eigenvalue weighted by molar-refractivity contribution is -0.167.